The largest absolute Gasteiger partial charge is 0.303 e. The Hall–Kier alpha value is -1.95. The average Bonchev–Trinajstić information content (AvgIpc) is 2.78. The van der Waals surface area contributed by atoms with E-state index in [1.54, 1.807) is 18.2 Å². The lowest BCUT2D eigenvalue weighted by atomic mass is 10.1. The molecule has 0 bridgehead atoms. The Morgan fingerprint density at radius 2 is 1.83 bits per heavy atom. The minimum absolute atomic E-state index is 0.0471. The van der Waals surface area contributed by atoms with Crippen LogP contribution in [0.15, 0.2) is 34.6 Å². The number of amides is 1. The van der Waals surface area contributed by atoms with Crippen molar-refractivity contribution in [2.75, 3.05) is 6.54 Å². The summed E-state index contributed by atoms with van der Waals surface area (Å²) < 4.78 is 23.8. The summed E-state index contributed by atoms with van der Waals surface area (Å²) in [6, 6.07) is 6.47. The Labute approximate surface area is 104 Å². The van der Waals surface area contributed by atoms with Crippen LogP contribution in [0.5, 0.6) is 0 Å². The van der Waals surface area contributed by atoms with Crippen molar-refractivity contribution in [2.45, 2.75) is 11.3 Å². The van der Waals surface area contributed by atoms with Crippen LogP contribution in [0.25, 0.3) is 5.70 Å². The number of likely N-dealkylation sites (tertiary alicyclic amines) is 1. The Kier molecular flexibility index (Phi) is 2.18. The zero-order chi connectivity index (χ0) is 12.9. The van der Waals surface area contributed by atoms with Gasteiger partial charge in [0.15, 0.2) is 5.78 Å². The predicted octanol–water partition coefficient (Wildman–Crippen LogP) is 0.574. The summed E-state index contributed by atoms with van der Waals surface area (Å²) in [4.78, 5) is 24.3. The minimum Gasteiger partial charge on any atom is -0.303 e. The first-order valence-corrected chi connectivity index (χ1v) is 6.92. The molecule has 0 unspecified atom stereocenters. The number of fused-ring (bicyclic) bond motifs is 1. The quantitative estimate of drug-likeness (QED) is 0.695. The molecular formula is C12H9NO4S. The third-order valence-electron chi connectivity index (χ3n) is 3.01. The lowest BCUT2D eigenvalue weighted by Gasteiger charge is -2.16. The molecule has 0 aliphatic carbocycles. The maximum absolute atomic E-state index is 11.9. The van der Waals surface area contributed by atoms with Gasteiger partial charge in [0.2, 0.25) is 15.7 Å². The molecule has 0 N–H and O–H groups in total. The van der Waals surface area contributed by atoms with Crippen LogP contribution in [0.1, 0.15) is 12.0 Å². The molecule has 5 nitrogen and oxygen atoms in total. The third kappa shape index (κ3) is 1.49. The summed E-state index contributed by atoms with van der Waals surface area (Å²) in [5.74, 6) is -0.541. The molecule has 3 rings (SSSR count). The van der Waals surface area contributed by atoms with Gasteiger partial charge in [0.25, 0.3) is 0 Å². The van der Waals surface area contributed by atoms with E-state index in [0.717, 1.165) is 5.41 Å². The van der Waals surface area contributed by atoms with Crippen LogP contribution in [0.4, 0.5) is 0 Å². The Morgan fingerprint density at radius 3 is 2.50 bits per heavy atom. The van der Waals surface area contributed by atoms with Crippen molar-refractivity contribution < 1.29 is 18.0 Å². The fraction of sp³-hybridized carbons (Fsp3) is 0.167. The molecule has 2 aliphatic heterocycles. The van der Waals surface area contributed by atoms with Crippen molar-refractivity contribution in [3.8, 4) is 0 Å². The molecule has 1 aromatic carbocycles. The van der Waals surface area contributed by atoms with Crippen LogP contribution in [0.3, 0.4) is 0 Å². The number of ketones is 1. The molecule has 0 aromatic heterocycles. The number of hydrogen-bond donors (Lipinski definition) is 0. The van der Waals surface area contributed by atoms with Gasteiger partial charge in [-0.3, -0.25) is 9.59 Å². The first-order valence-electron chi connectivity index (χ1n) is 5.37. The molecule has 6 heteroatoms. The standard InChI is InChI=1S/C12H9NO4S/c14-8-5-12(15)13(6-8)10-7-18(16,17)11-4-2-1-3-9(10)11/h1-4,7H,5-6H2. The number of carbonyl (C=O) groups excluding carboxylic acids is 2. The molecule has 18 heavy (non-hydrogen) atoms. The highest BCUT2D eigenvalue weighted by Crippen LogP contribution is 2.36. The van der Waals surface area contributed by atoms with Gasteiger partial charge < -0.3 is 4.90 Å². The zero-order valence-electron chi connectivity index (χ0n) is 9.29. The van der Waals surface area contributed by atoms with Crippen molar-refractivity contribution in [3.63, 3.8) is 0 Å². The lowest BCUT2D eigenvalue weighted by Crippen LogP contribution is -2.22. The molecule has 1 fully saturated rings. The van der Waals surface area contributed by atoms with Crippen molar-refractivity contribution in [2.24, 2.45) is 0 Å². The molecular weight excluding hydrogens is 254 g/mol. The van der Waals surface area contributed by atoms with E-state index in [4.69, 9.17) is 0 Å². The SMILES string of the molecule is O=C1CC(=O)N(C2=CS(=O)(=O)c3ccccc32)C1. The van der Waals surface area contributed by atoms with Gasteiger partial charge in [-0.1, -0.05) is 18.2 Å². The second-order valence-corrected chi connectivity index (χ2v) is 6.01. The lowest BCUT2D eigenvalue weighted by molar-refractivity contribution is -0.125. The van der Waals surface area contributed by atoms with Gasteiger partial charge in [-0.15, -0.1) is 0 Å². The van der Waals surface area contributed by atoms with Crippen molar-refractivity contribution >= 4 is 27.2 Å². The Bertz CT molecular complexity index is 703. The van der Waals surface area contributed by atoms with Crippen LogP contribution in [-0.2, 0) is 19.4 Å². The van der Waals surface area contributed by atoms with E-state index in [1.807, 2.05) is 0 Å². The topological polar surface area (TPSA) is 71.5 Å². The van der Waals surface area contributed by atoms with E-state index < -0.39 is 9.84 Å². The monoisotopic (exact) mass is 263 g/mol. The number of sulfone groups is 1. The summed E-state index contributed by atoms with van der Waals surface area (Å²) in [5, 5.41) is 1.06. The first kappa shape index (κ1) is 11.2. The number of Topliss-reactive ketones (excluding diaryl/α,β-unsaturated/α-hetero) is 1. The molecule has 2 heterocycles. The molecule has 0 spiro atoms. The zero-order valence-corrected chi connectivity index (χ0v) is 10.1. The Morgan fingerprint density at radius 1 is 1.11 bits per heavy atom. The number of nitrogens with zero attached hydrogens (tertiary/aromatic N) is 1. The summed E-state index contributed by atoms with van der Waals surface area (Å²) in [6.07, 6.45) is -0.153. The first-order chi connectivity index (χ1) is 8.49. The van der Waals surface area contributed by atoms with E-state index >= 15 is 0 Å². The van der Waals surface area contributed by atoms with Gasteiger partial charge in [0.05, 0.1) is 29.0 Å². The summed E-state index contributed by atoms with van der Waals surface area (Å²) in [7, 11) is -3.50. The van der Waals surface area contributed by atoms with Gasteiger partial charge in [-0.25, -0.2) is 8.42 Å². The van der Waals surface area contributed by atoms with E-state index in [1.165, 1.54) is 11.0 Å². The van der Waals surface area contributed by atoms with Crippen molar-refractivity contribution in [1.82, 2.24) is 4.90 Å². The van der Waals surface area contributed by atoms with Gasteiger partial charge in [-0.2, -0.15) is 0 Å². The highest BCUT2D eigenvalue weighted by molar-refractivity contribution is 7.95. The number of rotatable bonds is 1. The maximum Gasteiger partial charge on any atom is 0.234 e. The molecule has 0 saturated carbocycles. The van der Waals surface area contributed by atoms with Crippen LogP contribution in [-0.4, -0.2) is 31.6 Å². The van der Waals surface area contributed by atoms with Crippen LogP contribution in [0, 0.1) is 0 Å². The highest BCUT2D eigenvalue weighted by atomic mass is 32.2. The normalized spacial score (nSPS) is 21.1. The van der Waals surface area contributed by atoms with Gasteiger partial charge >= 0.3 is 0 Å². The summed E-state index contributed by atoms with van der Waals surface area (Å²) in [5.41, 5.74) is 0.794. The molecule has 1 amide bonds. The molecule has 1 aromatic rings. The number of benzene rings is 1. The molecule has 92 valence electrons. The second kappa shape index (κ2) is 3.52. The second-order valence-electron chi connectivity index (χ2n) is 4.24. The summed E-state index contributed by atoms with van der Waals surface area (Å²) >= 11 is 0. The molecule has 2 aliphatic rings. The third-order valence-corrected chi connectivity index (χ3v) is 4.51. The number of carbonyl (C=O) groups is 2. The van der Waals surface area contributed by atoms with Crippen LogP contribution >= 0.6 is 0 Å². The van der Waals surface area contributed by atoms with E-state index in [-0.39, 0.29) is 29.6 Å². The Balaban J connectivity index is 2.16. The fourth-order valence-corrected chi connectivity index (χ4v) is 3.64. The van der Waals surface area contributed by atoms with Gasteiger partial charge in [0, 0.05) is 5.56 Å². The maximum atomic E-state index is 11.9. The van der Waals surface area contributed by atoms with Crippen LogP contribution < -0.4 is 0 Å². The van der Waals surface area contributed by atoms with Crippen LogP contribution in [0.2, 0.25) is 0 Å². The molecule has 1 saturated heterocycles. The highest BCUT2D eigenvalue weighted by Gasteiger charge is 2.36. The van der Waals surface area contributed by atoms with Gasteiger partial charge in [0.1, 0.15) is 0 Å². The molecule has 0 atom stereocenters. The van der Waals surface area contributed by atoms with E-state index in [2.05, 4.69) is 0 Å². The fourth-order valence-electron chi connectivity index (χ4n) is 2.21. The van der Waals surface area contributed by atoms with E-state index in [0.29, 0.717) is 11.3 Å². The molecule has 0 radical (unpaired) electrons. The van der Waals surface area contributed by atoms with Gasteiger partial charge in [-0.05, 0) is 6.07 Å². The minimum atomic E-state index is -3.50. The van der Waals surface area contributed by atoms with Crippen molar-refractivity contribution in [1.29, 1.82) is 0 Å². The average molecular weight is 263 g/mol. The summed E-state index contributed by atoms with van der Waals surface area (Å²) in [6.45, 7) is -0.0471. The predicted molar refractivity (Wildman–Crippen MR) is 62.9 cm³/mol. The number of hydrogen-bond acceptors (Lipinski definition) is 4. The van der Waals surface area contributed by atoms with E-state index in [9.17, 15) is 18.0 Å². The smallest absolute Gasteiger partial charge is 0.234 e. The van der Waals surface area contributed by atoms with Crippen molar-refractivity contribution in [3.05, 3.63) is 35.2 Å².